The van der Waals surface area contributed by atoms with E-state index in [1.54, 1.807) is 13.8 Å². The maximum atomic E-state index is 13.4. The van der Waals surface area contributed by atoms with Crippen molar-refractivity contribution in [3.8, 4) is 0 Å². The van der Waals surface area contributed by atoms with E-state index in [0.29, 0.717) is 0 Å². The summed E-state index contributed by atoms with van der Waals surface area (Å²) in [5, 5.41) is 192. The molecule has 0 bridgehead atoms. The van der Waals surface area contributed by atoms with Gasteiger partial charge in [0.15, 0.2) is 44.0 Å². The van der Waals surface area contributed by atoms with Crippen molar-refractivity contribution in [3.63, 3.8) is 0 Å². The Balaban J connectivity index is 1.27. The van der Waals surface area contributed by atoms with Crippen LogP contribution in [0.15, 0.2) is 0 Å². The highest BCUT2D eigenvalue weighted by Crippen LogP contribution is 2.40. The van der Waals surface area contributed by atoms with Gasteiger partial charge in [-0.2, -0.15) is 0 Å². The number of carbonyl (C=O) groups is 2. The van der Waals surface area contributed by atoms with Gasteiger partial charge in [-0.25, -0.2) is 0 Å². The van der Waals surface area contributed by atoms with Gasteiger partial charge in [-0.1, -0.05) is 0 Å². The maximum Gasteiger partial charge on any atom is 0.217 e. The fraction of sp³-hybridized carbons (Fsp3) is 0.960. The average Bonchev–Trinajstić information content (AvgIpc) is 3.20. The highest BCUT2D eigenvalue weighted by molar-refractivity contribution is 5.73. The molecule has 0 aromatic carbocycles. The molecule has 21 unspecified atom stereocenters. The van der Waals surface area contributed by atoms with Crippen LogP contribution in [0.5, 0.6) is 0 Å². The van der Waals surface area contributed by atoms with E-state index in [1.165, 1.54) is 20.8 Å². The van der Waals surface area contributed by atoms with Crippen molar-refractivity contribution in [1.29, 1.82) is 0 Å². The second kappa shape index (κ2) is 29.8. The third-order valence-corrected chi connectivity index (χ3v) is 15.9. The molecule has 7 aliphatic heterocycles. The Labute approximate surface area is 486 Å². The fourth-order valence-electron chi connectivity index (χ4n) is 11.3. The second-order valence-electron chi connectivity index (χ2n) is 22.7. The van der Waals surface area contributed by atoms with Gasteiger partial charge in [0.05, 0.1) is 57.5 Å². The van der Waals surface area contributed by atoms with E-state index in [-0.39, 0.29) is 6.42 Å². The predicted molar refractivity (Wildman–Crippen MR) is 269 cm³/mol. The largest absolute Gasteiger partial charge is 0.394 e. The molecule has 0 aromatic heterocycles. The summed E-state index contributed by atoms with van der Waals surface area (Å²) < 4.78 is 84.9. The zero-order valence-corrected chi connectivity index (χ0v) is 47.5. The molecule has 0 aliphatic carbocycles. The van der Waals surface area contributed by atoms with Crippen LogP contribution in [0.2, 0.25) is 0 Å². The van der Waals surface area contributed by atoms with E-state index in [9.17, 15) is 96.4 Å². The molecule has 19 N–H and O–H groups in total. The van der Waals surface area contributed by atoms with E-state index in [4.69, 9.17) is 66.3 Å². The molecule has 2 amide bonds. The molecule has 0 radical (unpaired) electrons. The molecule has 85 heavy (non-hydrogen) atoms. The standard InChI is InChI=1S/C50H86N2O33/c1-14(2)72-43-24(51-18(6)58)38(82-45-33(67)30(64)26(60)16(4)74-45)36(22(11-55)78-43)80-47-35(69)40(29(63)21(10-54)76-47)84-44-25(52-19(7)59)39(83-49-42(70)50(71,13-57)8-15(3)73-49)37(23(12-56)79-44)81-48-41(32(66)28(62)20(9-53)77-48)85-46-34(68)31(65)27(61)17(5)75-46/h14-17,20-49,53-57,60-71H,8-13H2,1-7H3,(H,51,58)(H,52,59)/t15?,16?,17?,20?,21?,22?,23?,24?,25?,26-,27-,28+,29+,30?,31?,32?,33?,34?,35?,36-,37-,38?,39?,40?,41?,42?,43-,44+,45+,46+,47+,48+,49+,50?/m1/s1. The summed E-state index contributed by atoms with van der Waals surface area (Å²) in [7, 11) is 0. The van der Waals surface area contributed by atoms with Gasteiger partial charge in [0.2, 0.25) is 11.8 Å². The first-order valence-electron chi connectivity index (χ1n) is 28.0. The summed E-state index contributed by atoms with van der Waals surface area (Å²) in [6, 6.07) is -3.35. The summed E-state index contributed by atoms with van der Waals surface area (Å²) in [5.41, 5.74) is -2.32. The number of amides is 2. The molecule has 7 rings (SSSR count). The first-order chi connectivity index (χ1) is 40.0. The summed E-state index contributed by atoms with van der Waals surface area (Å²) in [6.45, 7) is 4.31. The lowest BCUT2D eigenvalue weighted by Gasteiger charge is -2.53. The van der Waals surface area contributed by atoms with Crippen LogP contribution in [-0.2, 0) is 75.9 Å². The van der Waals surface area contributed by atoms with Crippen molar-refractivity contribution < 1.29 is 163 Å². The third kappa shape index (κ3) is 15.4. The molecular weight excluding hydrogens is 1160 g/mol. The van der Waals surface area contributed by atoms with E-state index in [2.05, 4.69) is 10.6 Å². The number of aliphatic hydroxyl groups excluding tert-OH is 16. The molecule has 7 heterocycles. The van der Waals surface area contributed by atoms with Gasteiger partial charge in [0.1, 0.15) is 146 Å². The molecule has 0 saturated carbocycles. The Hall–Kier alpha value is -2.30. The van der Waals surface area contributed by atoms with E-state index >= 15 is 0 Å². The van der Waals surface area contributed by atoms with E-state index in [1.807, 2.05) is 0 Å². The Kier molecular flexibility index (Phi) is 24.6. The van der Waals surface area contributed by atoms with Gasteiger partial charge in [-0.15, -0.1) is 0 Å². The number of nitrogens with one attached hydrogen (secondary N) is 2. The van der Waals surface area contributed by atoms with Crippen LogP contribution < -0.4 is 10.6 Å². The minimum Gasteiger partial charge on any atom is -0.394 e. The van der Waals surface area contributed by atoms with Crippen LogP contribution in [0.4, 0.5) is 0 Å². The number of ether oxygens (including phenoxy) is 14. The molecule has 35 nitrogen and oxygen atoms in total. The number of aliphatic hydroxyl groups is 17. The molecule has 7 aliphatic rings. The molecular formula is C50H86N2O33. The van der Waals surface area contributed by atoms with Crippen LogP contribution in [0.25, 0.3) is 0 Å². The maximum absolute atomic E-state index is 13.4. The zero-order valence-electron chi connectivity index (χ0n) is 47.5. The van der Waals surface area contributed by atoms with Crippen molar-refractivity contribution in [1.82, 2.24) is 10.6 Å². The molecule has 35 heteroatoms. The Bertz CT molecular complexity index is 2110. The lowest BCUT2D eigenvalue weighted by molar-refractivity contribution is -0.402. The van der Waals surface area contributed by atoms with Crippen molar-refractivity contribution in [2.75, 3.05) is 33.0 Å². The van der Waals surface area contributed by atoms with Gasteiger partial charge in [0.25, 0.3) is 0 Å². The number of hydrogen-bond donors (Lipinski definition) is 19. The SMILES string of the molecule is CC(=O)NC1C(O[C@@H]2OC(C)[C@@H](O)C(O)C2O)[C@H](O[C@@H]2OC(CO)[C@H](O)C(O[C@@H]3OC(CO)[C@@H](O[C@@H]4OC(CO)[C@H](O)C(O)C4O[C@@H]4OC(C)[C@@H](O)C(O)C4O)C(O[C@@H]4OC(C)CC(O)(CO)C4O)C3NC(C)=O)C2O)C(CO)O[C@H]1OC(C)C. The normalized spacial score (nSPS) is 50.0. The van der Waals surface area contributed by atoms with E-state index < -0.39 is 259 Å². The van der Waals surface area contributed by atoms with Crippen molar-refractivity contribution in [2.45, 2.75) is 269 Å². The summed E-state index contributed by atoms with van der Waals surface area (Å²) in [4.78, 5) is 26.2. The smallest absolute Gasteiger partial charge is 0.217 e. The van der Waals surface area contributed by atoms with Crippen LogP contribution in [0, 0.1) is 0 Å². The minimum absolute atomic E-state index is 0.355. The van der Waals surface area contributed by atoms with Gasteiger partial charge < -0.3 is 164 Å². The highest BCUT2D eigenvalue weighted by atomic mass is 16.8. The van der Waals surface area contributed by atoms with Crippen LogP contribution >= 0.6 is 0 Å². The fourth-order valence-corrected chi connectivity index (χ4v) is 11.3. The molecule has 7 fully saturated rings. The first kappa shape index (κ1) is 70.2. The highest BCUT2D eigenvalue weighted by Gasteiger charge is 2.60. The zero-order chi connectivity index (χ0) is 62.8. The van der Waals surface area contributed by atoms with E-state index in [0.717, 1.165) is 13.8 Å². The average molecular weight is 1240 g/mol. The number of hydrogen-bond acceptors (Lipinski definition) is 33. The Morgan fingerprint density at radius 2 is 0.835 bits per heavy atom. The van der Waals surface area contributed by atoms with Crippen molar-refractivity contribution in [2.24, 2.45) is 0 Å². The first-order valence-corrected chi connectivity index (χ1v) is 28.0. The van der Waals surface area contributed by atoms with Gasteiger partial charge in [-0.3, -0.25) is 9.59 Å². The number of carbonyl (C=O) groups excluding carboxylic acids is 2. The van der Waals surface area contributed by atoms with Gasteiger partial charge in [0, 0.05) is 20.3 Å². The van der Waals surface area contributed by atoms with Gasteiger partial charge in [-0.05, 0) is 34.6 Å². The molecule has 0 aromatic rings. The summed E-state index contributed by atoms with van der Waals surface area (Å²) in [6.07, 6.45) is -57.7. The topological polar surface area (TPSA) is 531 Å². The summed E-state index contributed by atoms with van der Waals surface area (Å²) >= 11 is 0. The molecule has 494 valence electrons. The van der Waals surface area contributed by atoms with Crippen LogP contribution in [-0.4, -0.2) is 346 Å². The lowest BCUT2D eigenvalue weighted by Crippen LogP contribution is -2.72. The molecule has 34 atom stereocenters. The third-order valence-electron chi connectivity index (χ3n) is 15.9. The van der Waals surface area contributed by atoms with Crippen LogP contribution in [0.3, 0.4) is 0 Å². The Morgan fingerprint density at radius 3 is 1.32 bits per heavy atom. The molecule has 7 saturated heterocycles. The lowest BCUT2D eigenvalue weighted by atomic mass is 9.87. The van der Waals surface area contributed by atoms with Crippen molar-refractivity contribution in [3.05, 3.63) is 0 Å². The minimum atomic E-state index is -2.32. The van der Waals surface area contributed by atoms with Crippen molar-refractivity contribution >= 4 is 11.8 Å². The monoisotopic (exact) mass is 1240 g/mol. The van der Waals surface area contributed by atoms with Gasteiger partial charge >= 0.3 is 0 Å². The quantitative estimate of drug-likeness (QED) is 0.0507. The summed E-state index contributed by atoms with van der Waals surface area (Å²) in [5.74, 6) is -1.61. The number of rotatable bonds is 21. The van der Waals surface area contributed by atoms with Crippen LogP contribution in [0.1, 0.15) is 54.9 Å². The second-order valence-corrected chi connectivity index (χ2v) is 22.7. The Morgan fingerprint density at radius 1 is 0.435 bits per heavy atom. The predicted octanol–water partition coefficient (Wildman–Crippen LogP) is -11.1. The molecule has 0 spiro atoms.